The molecule has 2 aromatic carbocycles. The van der Waals surface area contributed by atoms with Crippen molar-refractivity contribution in [2.75, 3.05) is 7.11 Å². The molecule has 0 fully saturated rings. The standard InChI is InChI=1S/C23H22N4O2/c1-15-8-9-17(12-16(15)2)20-10-11-24-22-19(14-26-27(20)22)23(28)25-13-18-6-4-5-7-21(18)29-3/h4-12,14H,13H2,1-3H3,(H,25,28). The fourth-order valence-electron chi connectivity index (χ4n) is 3.29. The van der Waals surface area contributed by atoms with E-state index in [1.165, 1.54) is 11.1 Å². The lowest BCUT2D eigenvalue weighted by Gasteiger charge is -2.09. The Bertz CT molecular complexity index is 1200. The summed E-state index contributed by atoms with van der Waals surface area (Å²) in [5, 5.41) is 7.36. The second-order valence-electron chi connectivity index (χ2n) is 6.92. The molecule has 1 N–H and O–H groups in total. The molecule has 0 atom stereocenters. The van der Waals surface area contributed by atoms with Crippen LogP contribution in [0.5, 0.6) is 5.75 Å². The maximum atomic E-state index is 12.8. The molecule has 0 spiro atoms. The number of nitrogens with one attached hydrogen (secondary N) is 1. The number of aryl methyl sites for hydroxylation is 2. The second-order valence-corrected chi connectivity index (χ2v) is 6.92. The van der Waals surface area contributed by atoms with Crippen molar-refractivity contribution in [1.29, 1.82) is 0 Å². The highest BCUT2D eigenvalue weighted by Crippen LogP contribution is 2.23. The maximum absolute atomic E-state index is 12.8. The summed E-state index contributed by atoms with van der Waals surface area (Å²) in [4.78, 5) is 17.2. The number of methoxy groups -OCH3 is 1. The number of aromatic nitrogens is 3. The average molecular weight is 386 g/mol. The minimum atomic E-state index is -0.226. The van der Waals surface area contributed by atoms with Crippen LogP contribution in [0.3, 0.4) is 0 Å². The first kappa shape index (κ1) is 18.7. The first-order chi connectivity index (χ1) is 14.1. The van der Waals surface area contributed by atoms with Crippen LogP contribution in [-0.2, 0) is 6.54 Å². The lowest BCUT2D eigenvalue weighted by atomic mass is 10.0. The normalized spacial score (nSPS) is 10.9. The van der Waals surface area contributed by atoms with Gasteiger partial charge >= 0.3 is 0 Å². The molecular formula is C23H22N4O2. The van der Waals surface area contributed by atoms with Gasteiger partial charge in [0.2, 0.25) is 0 Å². The van der Waals surface area contributed by atoms with Crippen molar-refractivity contribution in [2.24, 2.45) is 0 Å². The van der Waals surface area contributed by atoms with Crippen molar-refractivity contribution in [1.82, 2.24) is 19.9 Å². The largest absolute Gasteiger partial charge is 0.496 e. The molecule has 4 rings (SSSR count). The Morgan fingerprint density at radius 2 is 1.93 bits per heavy atom. The van der Waals surface area contributed by atoms with Gasteiger partial charge in [0.15, 0.2) is 5.65 Å². The van der Waals surface area contributed by atoms with Gasteiger partial charge < -0.3 is 10.1 Å². The summed E-state index contributed by atoms with van der Waals surface area (Å²) in [5.74, 6) is 0.512. The summed E-state index contributed by atoms with van der Waals surface area (Å²) in [6.45, 7) is 4.52. The van der Waals surface area contributed by atoms with Crippen molar-refractivity contribution < 1.29 is 9.53 Å². The summed E-state index contributed by atoms with van der Waals surface area (Å²) in [6, 6.07) is 15.8. The lowest BCUT2D eigenvalue weighted by Crippen LogP contribution is -2.23. The third-order valence-corrected chi connectivity index (χ3v) is 5.08. The fourth-order valence-corrected chi connectivity index (χ4v) is 3.29. The van der Waals surface area contributed by atoms with Crippen LogP contribution in [-0.4, -0.2) is 27.6 Å². The van der Waals surface area contributed by atoms with Crippen LogP contribution < -0.4 is 10.1 Å². The summed E-state index contributed by atoms with van der Waals surface area (Å²) in [5.41, 5.74) is 6.23. The van der Waals surface area contributed by atoms with Crippen molar-refractivity contribution >= 4 is 11.6 Å². The zero-order chi connectivity index (χ0) is 20.4. The minimum absolute atomic E-state index is 0.226. The number of para-hydroxylation sites is 1. The Morgan fingerprint density at radius 3 is 2.72 bits per heavy atom. The highest BCUT2D eigenvalue weighted by molar-refractivity contribution is 5.99. The molecule has 2 aromatic heterocycles. The van der Waals surface area contributed by atoms with Gasteiger partial charge in [0.25, 0.3) is 5.91 Å². The monoisotopic (exact) mass is 386 g/mol. The van der Waals surface area contributed by atoms with Crippen LogP contribution in [0.25, 0.3) is 16.9 Å². The predicted octanol–water partition coefficient (Wildman–Crippen LogP) is 3.95. The van der Waals surface area contributed by atoms with Crippen molar-refractivity contribution in [3.63, 3.8) is 0 Å². The van der Waals surface area contributed by atoms with Gasteiger partial charge in [0.1, 0.15) is 11.3 Å². The maximum Gasteiger partial charge on any atom is 0.257 e. The first-order valence-electron chi connectivity index (χ1n) is 9.39. The predicted molar refractivity (Wildman–Crippen MR) is 112 cm³/mol. The third-order valence-electron chi connectivity index (χ3n) is 5.08. The van der Waals surface area contributed by atoms with Crippen LogP contribution >= 0.6 is 0 Å². The summed E-state index contributed by atoms with van der Waals surface area (Å²) in [6.07, 6.45) is 3.27. The molecule has 0 aliphatic heterocycles. The van der Waals surface area contributed by atoms with Gasteiger partial charge in [-0.1, -0.05) is 30.3 Å². The van der Waals surface area contributed by atoms with Gasteiger partial charge in [-0.25, -0.2) is 9.50 Å². The molecule has 1 amide bonds. The van der Waals surface area contributed by atoms with Crippen LogP contribution in [0.15, 0.2) is 60.9 Å². The van der Waals surface area contributed by atoms with E-state index >= 15 is 0 Å². The van der Waals surface area contributed by atoms with E-state index < -0.39 is 0 Å². The quantitative estimate of drug-likeness (QED) is 0.564. The van der Waals surface area contributed by atoms with Crippen LogP contribution in [0.4, 0.5) is 0 Å². The van der Waals surface area contributed by atoms with E-state index in [0.29, 0.717) is 17.8 Å². The van der Waals surface area contributed by atoms with Crippen LogP contribution in [0.1, 0.15) is 27.0 Å². The van der Waals surface area contributed by atoms with E-state index in [1.807, 2.05) is 30.3 Å². The number of fused-ring (bicyclic) bond motifs is 1. The number of carbonyl (C=O) groups is 1. The molecule has 0 radical (unpaired) electrons. The SMILES string of the molecule is COc1ccccc1CNC(=O)c1cnn2c(-c3ccc(C)c(C)c3)ccnc12. The number of ether oxygens (including phenoxy) is 1. The van der Waals surface area contributed by atoms with Gasteiger partial charge in [-0.05, 0) is 43.2 Å². The topological polar surface area (TPSA) is 68.5 Å². The molecule has 6 heteroatoms. The molecule has 29 heavy (non-hydrogen) atoms. The molecule has 4 aromatic rings. The summed E-state index contributed by atoms with van der Waals surface area (Å²) >= 11 is 0. The number of hydrogen-bond acceptors (Lipinski definition) is 4. The molecule has 0 bridgehead atoms. The Labute approximate surface area is 169 Å². The molecule has 0 unspecified atom stereocenters. The van der Waals surface area contributed by atoms with Crippen molar-refractivity contribution in [3.8, 4) is 17.0 Å². The first-order valence-corrected chi connectivity index (χ1v) is 9.39. The Hall–Kier alpha value is -3.67. The van der Waals surface area contributed by atoms with Crippen molar-refractivity contribution in [2.45, 2.75) is 20.4 Å². The summed E-state index contributed by atoms with van der Waals surface area (Å²) in [7, 11) is 1.62. The highest BCUT2D eigenvalue weighted by atomic mass is 16.5. The smallest absolute Gasteiger partial charge is 0.257 e. The lowest BCUT2D eigenvalue weighted by molar-refractivity contribution is 0.0952. The number of benzene rings is 2. The zero-order valence-corrected chi connectivity index (χ0v) is 16.6. The van der Waals surface area contributed by atoms with Crippen LogP contribution in [0, 0.1) is 13.8 Å². The van der Waals surface area contributed by atoms with Gasteiger partial charge in [0, 0.05) is 23.9 Å². The minimum Gasteiger partial charge on any atom is -0.496 e. The van der Waals surface area contributed by atoms with Gasteiger partial charge in [0.05, 0.1) is 19.0 Å². The fraction of sp³-hybridized carbons (Fsp3) is 0.174. The van der Waals surface area contributed by atoms with E-state index in [0.717, 1.165) is 22.6 Å². The number of nitrogens with zero attached hydrogens (tertiary/aromatic N) is 3. The summed E-state index contributed by atoms with van der Waals surface area (Å²) < 4.78 is 7.05. The molecule has 0 aliphatic rings. The highest BCUT2D eigenvalue weighted by Gasteiger charge is 2.16. The van der Waals surface area contributed by atoms with Crippen molar-refractivity contribution in [3.05, 3.63) is 83.2 Å². The van der Waals surface area contributed by atoms with E-state index in [-0.39, 0.29) is 5.91 Å². The van der Waals surface area contributed by atoms with E-state index in [9.17, 15) is 4.79 Å². The van der Waals surface area contributed by atoms with E-state index in [2.05, 4.69) is 47.4 Å². The van der Waals surface area contributed by atoms with E-state index in [4.69, 9.17) is 4.74 Å². The van der Waals surface area contributed by atoms with Gasteiger partial charge in [-0.15, -0.1) is 0 Å². The second kappa shape index (κ2) is 7.75. The number of hydrogen-bond donors (Lipinski definition) is 1. The molecule has 146 valence electrons. The number of carbonyl (C=O) groups excluding carboxylic acids is 1. The van der Waals surface area contributed by atoms with Crippen LogP contribution in [0.2, 0.25) is 0 Å². The Balaban J connectivity index is 1.63. The molecular weight excluding hydrogens is 364 g/mol. The third kappa shape index (κ3) is 3.57. The van der Waals surface area contributed by atoms with Gasteiger partial charge in [-0.3, -0.25) is 4.79 Å². The molecule has 0 aliphatic carbocycles. The van der Waals surface area contributed by atoms with Gasteiger partial charge in [-0.2, -0.15) is 5.10 Å². The number of amides is 1. The van der Waals surface area contributed by atoms with E-state index in [1.54, 1.807) is 24.0 Å². The molecule has 2 heterocycles. The Morgan fingerprint density at radius 1 is 1.10 bits per heavy atom. The zero-order valence-electron chi connectivity index (χ0n) is 16.6. The molecule has 0 saturated heterocycles. The Kier molecular flexibility index (Phi) is 4.99. The molecule has 0 saturated carbocycles. The molecule has 6 nitrogen and oxygen atoms in total. The number of rotatable bonds is 5. The average Bonchev–Trinajstić information content (AvgIpc) is 3.18.